The Morgan fingerprint density at radius 3 is 2.95 bits per heavy atom. The van der Waals surface area contributed by atoms with Gasteiger partial charge in [0.1, 0.15) is 11.5 Å². The van der Waals surface area contributed by atoms with Crippen LogP contribution in [-0.4, -0.2) is 20.4 Å². The van der Waals surface area contributed by atoms with E-state index in [1.807, 2.05) is 25.1 Å². The second-order valence-corrected chi connectivity index (χ2v) is 5.12. The maximum Gasteiger partial charge on any atom is 0.273 e. The Bertz CT molecular complexity index is 785. The number of anilines is 1. The number of aromatic amines is 1. The lowest BCUT2D eigenvalue weighted by atomic mass is 10.2. The lowest BCUT2D eigenvalue weighted by Gasteiger charge is -2.06. The summed E-state index contributed by atoms with van der Waals surface area (Å²) in [5.74, 6) is 0.551. The molecule has 0 bridgehead atoms. The molecule has 0 aliphatic rings. The third-order valence-electron chi connectivity index (χ3n) is 3.44. The second-order valence-electron chi connectivity index (χ2n) is 5.12. The first-order chi connectivity index (χ1) is 10.2. The van der Waals surface area contributed by atoms with Crippen LogP contribution in [0.25, 0.3) is 10.9 Å². The van der Waals surface area contributed by atoms with Crippen molar-refractivity contribution in [3.8, 4) is 0 Å². The summed E-state index contributed by atoms with van der Waals surface area (Å²) < 4.78 is 2.22. The molecule has 3 rings (SSSR count). The standard InChI is InChI=1S/C16H18N4O/c1-3-7-20-8-6-12-9-13(4-5-15(12)20)19-16(21)14-10-17-11(2)18-14/h4-6,8-10H,3,7H2,1-2H3,(H,17,18)(H,19,21). The summed E-state index contributed by atoms with van der Waals surface area (Å²) in [5.41, 5.74) is 2.44. The molecule has 0 atom stereocenters. The highest BCUT2D eigenvalue weighted by Gasteiger charge is 2.09. The number of H-pyrrole nitrogens is 1. The quantitative estimate of drug-likeness (QED) is 0.771. The third kappa shape index (κ3) is 2.67. The number of aryl methyl sites for hydroxylation is 2. The number of fused-ring (bicyclic) bond motifs is 1. The highest BCUT2D eigenvalue weighted by Crippen LogP contribution is 2.21. The van der Waals surface area contributed by atoms with Crippen LogP contribution in [0.15, 0.2) is 36.7 Å². The summed E-state index contributed by atoms with van der Waals surface area (Å²) in [6, 6.07) is 8.03. The summed E-state index contributed by atoms with van der Waals surface area (Å²) in [5, 5.41) is 4.01. The first-order valence-corrected chi connectivity index (χ1v) is 7.09. The van der Waals surface area contributed by atoms with Gasteiger partial charge < -0.3 is 14.9 Å². The SMILES string of the molecule is CCCn1ccc2cc(NC(=O)c3cnc(C)[nH]3)ccc21. The summed E-state index contributed by atoms with van der Waals surface area (Å²) in [6.45, 7) is 4.98. The second kappa shape index (κ2) is 5.44. The fourth-order valence-electron chi connectivity index (χ4n) is 2.45. The van der Waals surface area contributed by atoms with Gasteiger partial charge in [0.25, 0.3) is 5.91 Å². The predicted octanol–water partition coefficient (Wildman–Crippen LogP) is 3.34. The smallest absolute Gasteiger partial charge is 0.273 e. The Morgan fingerprint density at radius 2 is 2.24 bits per heavy atom. The van der Waals surface area contributed by atoms with Gasteiger partial charge in [0.05, 0.1) is 6.20 Å². The fraction of sp³-hybridized carbons (Fsp3) is 0.250. The molecule has 21 heavy (non-hydrogen) atoms. The zero-order valence-corrected chi connectivity index (χ0v) is 12.2. The van der Waals surface area contributed by atoms with Gasteiger partial charge in [-0.2, -0.15) is 0 Å². The largest absolute Gasteiger partial charge is 0.347 e. The molecule has 0 unspecified atom stereocenters. The number of nitrogens with zero attached hydrogens (tertiary/aromatic N) is 2. The molecular formula is C16H18N4O. The fourth-order valence-corrected chi connectivity index (χ4v) is 2.45. The minimum Gasteiger partial charge on any atom is -0.347 e. The third-order valence-corrected chi connectivity index (χ3v) is 3.44. The summed E-state index contributed by atoms with van der Waals surface area (Å²) >= 11 is 0. The van der Waals surface area contributed by atoms with Gasteiger partial charge in [-0.1, -0.05) is 6.92 Å². The zero-order valence-electron chi connectivity index (χ0n) is 12.2. The normalized spacial score (nSPS) is 11.0. The molecule has 0 saturated carbocycles. The number of aromatic nitrogens is 3. The molecule has 0 saturated heterocycles. The van der Waals surface area contributed by atoms with E-state index in [1.54, 1.807) is 6.20 Å². The van der Waals surface area contributed by atoms with Crippen molar-refractivity contribution in [3.63, 3.8) is 0 Å². The molecule has 0 fully saturated rings. The molecule has 0 radical (unpaired) electrons. The molecule has 108 valence electrons. The number of hydrogen-bond acceptors (Lipinski definition) is 2. The van der Waals surface area contributed by atoms with Crippen molar-refractivity contribution in [3.05, 3.63) is 48.2 Å². The first-order valence-electron chi connectivity index (χ1n) is 7.09. The summed E-state index contributed by atoms with van der Waals surface area (Å²) in [4.78, 5) is 19.0. The van der Waals surface area contributed by atoms with Crippen molar-refractivity contribution >= 4 is 22.5 Å². The van der Waals surface area contributed by atoms with E-state index < -0.39 is 0 Å². The molecule has 0 aliphatic heterocycles. The Hall–Kier alpha value is -2.56. The summed E-state index contributed by atoms with van der Waals surface area (Å²) in [7, 11) is 0. The Balaban J connectivity index is 1.83. The van der Waals surface area contributed by atoms with Crippen molar-refractivity contribution in [2.75, 3.05) is 5.32 Å². The molecule has 2 aromatic heterocycles. The number of imidazole rings is 1. The number of amides is 1. The van der Waals surface area contributed by atoms with Gasteiger partial charge in [-0.3, -0.25) is 4.79 Å². The van der Waals surface area contributed by atoms with E-state index in [0.717, 1.165) is 29.9 Å². The van der Waals surface area contributed by atoms with Gasteiger partial charge in [-0.15, -0.1) is 0 Å². The predicted molar refractivity (Wildman–Crippen MR) is 83.5 cm³/mol. The Labute approximate surface area is 123 Å². The van der Waals surface area contributed by atoms with E-state index in [2.05, 4.69) is 39.0 Å². The van der Waals surface area contributed by atoms with E-state index in [1.165, 1.54) is 5.52 Å². The van der Waals surface area contributed by atoms with Crippen molar-refractivity contribution in [1.29, 1.82) is 0 Å². The van der Waals surface area contributed by atoms with E-state index in [-0.39, 0.29) is 5.91 Å². The molecule has 2 heterocycles. The van der Waals surface area contributed by atoms with Gasteiger partial charge >= 0.3 is 0 Å². The number of hydrogen-bond donors (Lipinski definition) is 2. The topological polar surface area (TPSA) is 62.7 Å². The van der Waals surface area contributed by atoms with Crippen LogP contribution in [0, 0.1) is 6.92 Å². The average Bonchev–Trinajstić information content (AvgIpc) is 3.06. The minimum atomic E-state index is -0.178. The molecule has 2 N–H and O–H groups in total. The van der Waals surface area contributed by atoms with Gasteiger partial charge in [0.2, 0.25) is 0 Å². The van der Waals surface area contributed by atoms with Gasteiger partial charge in [0.15, 0.2) is 0 Å². The van der Waals surface area contributed by atoms with E-state index in [9.17, 15) is 4.79 Å². The maximum absolute atomic E-state index is 12.1. The number of rotatable bonds is 4. The van der Waals surface area contributed by atoms with E-state index >= 15 is 0 Å². The highest BCUT2D eigenvalue weighted by molar-refractivity contribution is 6.03. The Kier molecular flexibility index (Phi) is 3.48. The van der Waals surface area contributed by atoms with Crippen LogP contribution in [0.3, 0.4) is 0 Å². The van der Waals surface area contributed by atoms with Crippen molar-refractivity contribution in [2.45, 2.75) is 26.8 Å². The average molecular weight is 282 g/mol. The molecule has 5 heteroatoms. The minimum absolute atomic E-state index is 0.178. The molecule has 1 aromatic carbocycles. The van der Waals surface area contributed by atoms with Crippen LogP contribution in [0.5, 0.6) is 0 Å². The monoisotopic (exact) mass is 282 g/mol. The maximum atomic E-state index is 12.1. The molecule has 5 nitrogen and oxygen atoms in total. The Morgan fingerprint density at radius 1 is 1.38 bits per heavy atom. The van der Waals surface area contributed by atoms with Gasteiger partial charge in [-0.25, -0.2) is 4.98 Å². The lowest BCUT2D eigenvalue weighted by molar-refractivity contribution is 0.102. The van der Waals surface area contributed by atoms with E-state index in [0.29, 0.717) is 5.69 Å². The molecular weight excluding hydrogens is 264 g/mol. The van der Waals surface area contributed by atoms with Crippen molar-refractivity contribution < 1.29 is 4.79 Å². The van der Waals surface area contributed by atoms with Crippen molar-refractivity contribution in [1.82, 2.24) is 14.5 Å². The number of benzene rings is 1. The zero-order chi connectivity index (χ0) is 14.8. The number of nitrogens with one attached hydrogen (secondary N) is 2. The molecule has 0 aliphatic carbocycles. The van der Waals surface area contributed by atoms with Crippen LogP contribution in [0.1, 0.15) is 29.7 Å². The highest BCUT2D eigenvalue weighted by atomic mass is 16.1. The van der Waals surface area contributed by atoms with E-state index in [4.69, 9.17) is 0 Å². The lowest BCUT2D eigenvalue weighted by Crippen LogP contribution is -2.12. The molecule has 0 spiro atoms. The number of carbonyl (C=O) groups excluding carboxylic acids is 1. The van der Waals surface area contributed by atoms with Gasteiger partial charge in [0, 0.05) is 29.3 Å². The molecule has 3 aromatic rings. The number of carbonyl (C=O) groups is 1. The van der Waals surface area contributed by atoms with Gasteiger partial charge in [-0.05, 0) is 37.6 Å². The van der Waals surface area contributed by atoms with Crippen LogP contribution in [0.2, 0.25) is 0 Å². The van der Waals surface area contributed by atoms with Crippen LogP contribution < -0.4 is 5.32 Å². The van der Waals surface area contributed by atoms with Crippen LogP contribution in [0.4, 0.5) is 5.69 Å². The van der Waals surface area contributed by atoms with Crippen LogP contribution in [-0.2, 0) is 6.54 Å². The van der Waals surface area contributed by atoms with Crippen molar-refractivity contribution in [2.24, 2.45) is 0 Å². The molecule has 1 amide bonds. The first kappa shape index (κ1) is 13.4. The summed E-state index contributed by atoms with van der Waals surface area (Å²) in [6.07, 6.45) is 4.72. The van der Waals surface area contributed by atoms with Crippen LogP contribution >= 0.6 is 0 Å².